The molecule has 3 N–H and O–H groups in total. The van der Waals surface area contributed by atoms with Gasteiger partial charge in [-0.1, -0.05) is 18.2 Å². The van der Waals surface area contributed by atoms with Gasteiger partial charge < -0.3 is 11.1 Å². The molecule has 0 aliphatic heterocycles. The maximum Gasteiger partial charge on any atom is 0.417 e. The molecule has 0 saturated carbocycles. The Morgan fingerprint density at radius 3 is 2.26 bits per heavy atom. The topological polar surface area (TPSA) is 98.0 Å². The summed E-state index contributed by atoms with van der Waals surface area (Å²) in [5, 5.41) is 2.58. The number of benzene rings is 2. The Balaban J connectivity index is 2.09. The van der Waals surface area contributed by atoms with Crippen molar-refractivity contribution >= 4 is 29.1 Å². The molecule has 0 atom stereocenters. The molecule has 0 unspecified atom stereocenters. The maximum absolute atomic E-state index is 13.8. The summed E-state index contributed by atoms with van der Waals surface area (Å²) < 4.78 is 41.5. The van der Waals surface area contributed by atoms with Crippen molar-refractivity contribution in [2.75, 3.05) is 5.32 Å². The van der Waals surface area contributed by atoms with Crippen LogP contribution in [0, 0.1) is 13.8 Å². The molecule has 1 heterocycles. The van der Waals surface area contributed by atoms with Crippen molar-refractivity contribution < 1.29 is 22.8 Å². The number of hydrogen-bond acceptors (Lipinski definition) is 4. The molecular formula is C21H16ClF3N4O2. The SMILES string of the molecule is Cc1ccc(-c2ccc(C(N)=O)c(C)c2C(F)(F)F)cc1C(=O)Nc1cnc(Cl)nc1. The fraction of sp³-hybridized carbons (Fsp3) is 0.143. The summed E-state index contributed by atoms with van der Waals surface area (Å²) >= 11 is 5.62. The summed E-state index contributed by atoms with van der Waals surface area (Å²) in [5.41, 5.74) is 4.71. The third-order valence-electron chi connectivity index (χ3n) is 4.69. The Bertz CT molecular complexity index is 1180. The van der Waals surface area contributed by atoms with E-state index in [1.54, 1.807) is 13.0 Å². The summed E-state index contributed by atoms with van der Waals surface area (Å²) in [6, 6.07) is 6.79. The van der Waals surface area contributed by atoms with Crippen LogP contribution < -0.4 is 11.1 Å². The number of nitrogens with zero attached hydrogens (tertiary/aromatic N) is 2. The number of alkyl halides is 3. The molecule has 0 fully saturated rings. The number of anilines is 1. The van der Waals surface area contributed by atoms with Gasteiger partial charge in [0.2, 0.25) is 11.2 Å². The number of carbonyl (C=O) groups excluding carboxylic acids is 2. The van der Waals surface area contributed by atoms with E-state index < -0.39 is 23.6 Å². The minimum Gasteiger partial charge on any atom is -0.366 e. The van der Waals surface area contributed by atoms with Crippen molar-refractivity contribution in [1.82, 2.24) is 9.97 Å². The molecule has 0 saturated heterocycles. The lowest BCUT2D eigenvalue weighted by molar-refractivity contribution is -0.137. The van der Waals surface area contributed by atoms with Crippen molar-refractivity contribution in [2.24, 2.45) is 5.73 Å². The van der Waals surface area contributed by atoms with Crippen molar-refractivity contribution in [2.45, 2.75) is 20.0 Å². The van der Waals surface area contributed by atoms with Crippen LogP contribution in [0.5, 0.6) is 0 Å². The molecule has 6 nitrogen and oxygen atoms in total. The molecule has 160 valence electrons. The number of aromatic nitrogens is 2. The van der Waals surface area contributed by atoms with Crippen LogP contribution in [0.4, 0.5) is 18.9 Å². The molecule has 2 amide bonds. The van der Waals surface area contributed by atoms with E-state index in [0.29, 0.717) is 5.56 Å². The van der Waals surface area contributed by atoms with E-state index in [1.807, 2.05) is 0 Å². The molecule has 0 spiro atoms. The molecule has 0 aliphatic carbocycles. The van der Waals surface area contributed by atoms with Gasteiger partial charge in [0.05, 0.1) is 23.6 Å². The summed E-state index contributed by atoms with van der Waals surface area (Å²) in [4.78, 5) is 31.7. The lowest BCUT2D eigenvalue weighted by Crippen LogP contribution is -2.18. The van der Waals surface area contributed by atoms with Gasteiger partial charge in [-0.2, -0.15) is 13.2 Å². The monoisotopic (exact) mass is 448 g/mol. The first kappa shape index (κ1) is 22.2. The second kappa shape index (κ2) is 8.35. The number of nitrogens with one attached hydrogen (secondary N) is 1. The van der Waals surface area contributed by atoms with Crippen molar-refractivity contribution in [3.05, 3.63) is 75.8 Å². The van der Waals surface area contributed by atoms with E-state index in [4.69, 9.17) is 17.3 Å². The van der Waals surface area contributed by atoms with Crippen molar-refractivity contribution in [3.8, 4) is 11.1 Å². The van der Waals surface area contributed by atoms with Crippen LogP contribution in [0.25, 0.3) is 11.1 Å². The van der Waals surface area contributed by atoms with Crippen LogP contribution in [-0.4, -0.2) is 21.8 Å². The number of hydrogen-bond donors (Lipinski definition) is 2. The molecule has 0 radical (unpaired) electrons. The zero-order valence-electron chi connectivity index (χ0n) is 16.3. The quantitative estimate of drug-likeness (QED) is 0.561. The number of rotatable bonds is 4. The van der Waals surface area contributed by atoms with Crippen LogP contribution >= 0.6 is 11.6 Å². The van der Waals surface area contributed by atoms with Gasteiger partial charge in [0.15, 0.2) is 0 Å². The van der Waals surface area contributed by atoms with Crippen LogP contribution in [0.3, 0.4) is 0 Å². The van der Waals surface area contributed by atoms with Gasteiger partial charge in [-0.25, -0.2) is 9.97 Å². The Labute approximate surface area is 180 Å². The predicted octanol–water partition coefficient (Wildman–Crippen LogP) is 4.78. The maximum atomic E-state index is 13.8. The Kier molecular flexibility index (Phi) is 5.99. The summed E-state index contributed by atoms with van der Waals surface area (Å²) in [6.45, 7) is 2.85. The molecule has 2 aromatic carbocycles. The fourth-order valence-corrected chi connectivity index (χ4v) is 3.29. The summed E-state index contributed by atoms with van der Waals surface area (Å²) in [7, 11) is 0. The zero-order valence-corrected chi connectivity index (χ0v) is 17.1. The molecule has 0 bridgehead atoms. The smallest absolute Gasteiger partial charge is 0.366 e. The van der Waals surface area contributed by atoms with Crippen LogP contribution in [0.1, 0.15) is 37.4 Å². The number of amides is 2. The van der Waals surface area contributed by atoms with Crippen LogP contribution in [0.15, 0.2) is 42.7 Å². The third-order valence-corrected chi connectivity index (χ3v) is 4.88. The largest absolute Gasteiger partial charge is 0.417 e. The molecule has 1 aromatic heterocycles. The zero-order chi connectivity index (χ0) is 22.9. The van der Waals surface area contributed by atoms with Gasteiger partial charge in [-0.3, -0.25) is 9.59 Å². The van der Waals surface area contributed by atoms with Crippen LogP contribution in [-0.2, 0) is 6.18 Å². The first-order chi connectivity index (χ1) is 14.5. The summed E-state index contributed by atoms with van der Waals surface area (Å²) in [5.74, 6) is -1.51. The van der Waals surface area contributed by atoms with Gasteiger partial charge in [0, 0.05) is 11.1 Å². The normalized spacial score (nSPS) is 11.3. The number of halogens is 4. The highest BCUT2D eigenvalue weighted by Crippen LogP contribution is 2.40. The van der Waals surface area contributed by atoms with Crippen molar-refractivity contribution in [1.29, 1.82) is 0 Å². The lowest BCUT2D eigenvalue weighted by atomic mass is 9.90. The first-order valence-corrected chi connectivity index (χ1v) is 9.27. The van der Waals surface area contributed by atoms with Crippen LogP contribution in [0.2, 0.25) is 5.28 Å². The number of nitrogens with two attached hydrogens (primary N) is 1. The van der Waals surface area contributed by atoms with E-state index in [0.717, 1.165) is 0 Å². The fourth-order valence-electron chi connectivity index (χ4n) is 3.19. The second-order valence-electron chi connectivity index (χ2n) is 6.75. The summed E-state index contributed by atoms with van der Waals surface area (Å²) in [6.07, 6.45) is -2.13. The highest BCUT2D eigenvalue weighted by molar-refractivity contribution is 6.28. The van der Waals surface area contributed by atoms with Gasteiger partial charge >= 0.3 is 6.18 Å². The minimum atomic E-state index is -4.74. The van der Waals surface area contributed by atoms with Gasteiger partial charge in [-0.15, -0.1) is 0 Å². The minimum absolute atomic E-state index is 0.00522. The lowest BCUT2D eigenvalue weighted by Gasteiger charge is -2.19. The van der Waals surface area contributed by atoms with E-state index in [9.17, 15) is 22.8 Å². The molecule has 0 aliphatic rings. The first-order valence-electron chi connectivity index (χ1n) is 8.89. The van der Waals surface area contributed by atoms with E-state index in [2.05, 4.69) is 15.3 Å². The van der Waals surface area contributed by atoms with Gasteiger partial charge in [-0.05, 0) is 59.8 Å². The van der Waals surface area contributed by atoms with Gasteiger partial charge in [0.25, 0.3) is 5.91 Å². The second-order valence-corrected chi connectivity index (χ2v) is 7.09. The van der Waals surface area contributed by atoms with E-state index in [-0.39, 0.29) is 38.8 Å². The highest BCUT2D eigenvalue weighted by atomic mass is 35.5. The molecule has 3 aromatic rings. The van der Waals surface area contributed by atoms with Crippen molar-refractivity contribution in [3.63, 3.8) is 0 Å². The predicted molar refractivity (Wildman–Crippen MR) is 110 cm³/mol. The van der Waals surface area contributed by atoms with E-state index >= 15 is 0 Å². The highest BCUT2D eigenvalue weighted by Gasteiger charge is 2.37. The number of primary amides is 1. The standard InChI is InChI=1S/C21H16ClF3N4O2/c1-10-3-4-12(7-16(10)19(31)29-13-8-27-20(22)28-9-13)15-6-5-14(18(26)30)11(2)17(15)21(23,24)25/h3-9H,1-2H3,(H2,26,30)(H,29,31). The average molecular weight is 449 g/mol. The Hall–Kier alpha value is -3.46. The molecule has 10 heteroatoms. The number of carbonyl (C=O) groups is 2. The van der Waals surface area contributed by atoms with E-state index in [1.165, 1.54) is 43.6 Å². The Morgan fingerprint density at radius 1 is 1.03 bits per heavy atom. The Morgan fingerprint density at radius 2 is 1.68 bits per heavy atom. The molecular weight excluding hydrogens is 433 g/mol. The molecule has 31 heavy (non-hydrogen) atoms. The third kappa shape index (κ3) is 4.66. The average Bonchev–Trinajstić information content (AvgIpc) is 2.68. The molecule has 3 rings (SSSR count). The van der Waals surface area contributed by atoms with Gasteiger partial charge in [0.1, 0.15) is 0 Å². The number of aryl methyl sites for hydroxylation is 1.